The van der Waals surface area contributed by atoms with Crippen molar-refractivity contribution in [3.05, 3.63) is 154 Å². The molecule has 0 heterocycles. The van der Waals surface area contributed by atoms with Crippen molar-refractivity contribution in [2.24, 2.45) is 0 Å². The van der Waals surface area contributed by atoms with Crippen LogP contribution in [0, 0.1) is 34.9 Å². The van der Waals surface area contributed by atoms with Gasteiger partial charge in [-0.1, -0.05) is 67.6 Å². The molecule has 0 spiro atoms. The molecule has 5 aromatic carbocycles. The number of hydrogen-bond donors (Lipinski definition) is 0. The van der Waals surface area contributed by atoms with E-state index in [0.717, 1.165) is 11.1 Å². The predicted molar refractivity (Wildman–Crippen MR) is 161 cm³/mol. The van der Waals surface area contributed by atoms with Gasteiger partial charge < -0.3 is 4.74 Å². The van der Waals surface area contributed by atoms with Gasteiger partial charge in [0.25, 0.3) is 0 Å². The largest absolute Gasteiger partial charge is 0.432 e. The van der Waals surface area contributed by atoms with Crippen molar-refractivity contribution in [2.75, 3.05) is 0 Å². The Morgan fingerprint density at radius 2 is 1.08 bits per heavy atom. The maximum absolute atomic E-state index is 15.0. The van der Waals surface area contributed by atoms with E-state index >= 15 is 4.39 Å². The molecule has 48 heavy (non-hydrogen) atoms. The smallest absolute Gasteiger partial charge is 0.429 e. The summed E-state index contributed by atoms with van der Waals surface area (Å²) in [5.74, 6) is -12.6. The molecule has 11 heteroatoms. The third-order valence-electron chi connectivity index (χ3n) is 7.57. The Labute approximate surface area is 268 Å². The third-order valence-corrected chi connectivity index (χ3v) is 7.57. The van der Waals surface area contributed by atoms with Gasteiger partial charge in [-0.25, -0.2) is 35.1 Å². The van der Waals surface area contributed by atoms with Gasteiger partial charge in [-0.3, -0.25) is 0 Å². The van der Waals surface area contributed by atoms with Crippen molar-refractivity contribution in [1.29, 1.82) is 0 Å². The van der Waals surface area contributed by atoms with E-state index in [4.69, 9.17) is 0 Å². The van der Waals surface area contributed by atoms with Crippen molar-refractivity contribution in [2.45, 2.75) is 32.3 Å². The summed E-state index contributed by atoms with van der Waals surface area (Å²) in [5.41, 5.74) is 1.16. The molecule has 5 rings (SSSR count). The lowest BCUT2D eigenvalue weighted by Crippen LogP contribution is -2.25. The van der Waals surface area contributed by atoms with E-state index < -0.39 is 64.0 Å². The first kappa shape index (κ1) is 34.3. The molecule has 0 unspecified atom stereocenters. The van der Waals surface area contributed by atoms with Crippen LogP contribution < -0.4 is 4.74 Å². The fourth-order valence-corrected chi connectivity index (χ4v) is 5.02. The third kappa shape index (κ3) is 7.40. The van der Waals surface area contributed by atoms with Crippen LogP contribution in [0.1, 0.15) is 35.6 Å². The Kier molecular flexibility index (Phi) is 9.98. The van der Waals surface area contributed by atoms with Crippen LogP contribution in [-0.4, -0.2) is 0 Å². The molecule has 0 saturated carbocycles. The van der Waals surface area contributed by atoms with Crippen LogP contribution in [-0.2, 0) is 19.0 Å². The van der Waals surface area contributed by atoms with E-state index in [1.165, 1.54) is 31.2 Å². The van der Waals surface area contributed by atoms with Gasteiger partial charge in [0.2, 0.25) is 0 Å². The monoisotopic (exact) mass is 674 g/mol. The lowest BCUT2D eigenvalue weighted by molar-refractivity contribution is -0.189. The maximum Gasteiger partial charge on any atom is 0.432 e. The van der Waals surface area contributed by atoms with Crippen molar-refractivity contribution in [3.8, 4) is 28.0 Å². The van der Waals surface area contributed by atoms with Gasteiger partial charge in [0.1, 0.15) is 34.6 Å². The number of benzene rings is 5. The summed E-state index contributed by atoms with van der Waals surface area (Å²) in [6, 6.07) is 19.2. The van der Waals surface area contributed by atoms with Crippen LogP contribution in [0.25, 0.3) is 28.1 Å². The van der Waals surface area contributed by atoms with Gasteiger partial charge in [-0.15, -0.1) is 0 Å². The minimum atomic E-state index is -4.72. The summed E-state index contributed by atoms with van der Waals surface area (Å²) in [6.07, 6.45) is -4.95. The second kappa shape index (κ2) is 14.0. The molecule has 248 valence electrons. The molecule has 0 aromatic heterocycles. The summed E-state index contributed by atoms with van der Waals surface area (Å²) >= 11 is 0. The number of alkyl halides is 2. The van der Waals surface area contributed by atoms with E-state index in [2.05, 4.69) is 4.74 Å². The van der Waals surface area contributed by atoms with E-state index in [9.17, 15) is 39.5 Å². The van der Waals surface area contributed by atoms with Crippen LogP contribution in [0.4, 0.5) is 43.9 Å². The number of hydrogen-bond acceptors (Lipinski definition) is 1. The van der Waals surface area contributed by atoms with Crippen LogP contribution in [0.5, 0.6) is 5.75 Å². The van der Waals surface area contributed by atoms with Crippen molar-refractivity contribution in [3.63, 3.8) is 0 Å². The molecule has 0 aliphatic heterocycles. The van der Waals surface area contributed by atoms with Crippen molar-refractivity contribution < 1.29 is 48.6 Å². The molecule has 0 fully saturated rings. The van der Waals surface area contributed by atoms with Crippen LogP contribution in [0.2, 0.25) is 0 Å². The highest BCUT2D eigenvalue weighted by molar-refractivity contribution is 5.72. The van der Waals surface area contributed by atoms with Gasteiger partial charge in [0.05, 0.1) is 0 Å². The van der Waals surface area contributed by atoms with Crippen molar-refractivity contribution >= 4 is 5.83 Å². The lowest BCUT2D eigenvalue weighted by atomic mass is 9.97. The molecule has 0 aliphatic rings. The average molecular weight is 675 g/mol. The minimum absolute atomic E-state index is 0.0434. The zero-order chi connectivity index (χ0) is 34.7. The number of rotatable bonds is 10. The van der Waals surface area contributed by atoms with Gasteiger partial charge in [0, 0.05) is 17.7 Å². The molecule has 0 aliphatic carbocycles. The molecule has 0 saturated heterocycles. The summed E-state index contributed by atoms with van der Waals surface area (Å²) in [4.78, 5) is 0. The molecule has 0 amide bonds. The minimum Gasteiger partial charge on any atom is -0.429 e. The van der Waals surface area contributed by atoms with Gasteiger partial charge in [-0.2, -0.15) is 8.78 Å². The van der Waals surface area contributed by atoms with Crippen LogP contribution in [0.3, 0.4) is 0 Å². The molecule has 0 radical (unpaired) electrons. The average Bonchev–Trinajstić information content (AvgIpc) is 3.05. The van der Waals surface area contributed by atoms with E-state index in [1.54, 1.807) is 42.5 Å². The number of ether oxygens (including phenoxy) is 1. The molecular weight excluding hydrogens is 650 g/mol. The second-order valence-corrected chi connectivity index (χ2v) is 10.8. The SMILES string of the molecule is CCC(F)=C(F)c1ccc(-c2ccc(-c3ccc(CCc4cc(F)c(C(F)(F)Oc5cc(F)c(F)c(F)c5)c(F)c4)c(F)c3)cc2)cc1. The highest BCUT2D eigenvalue weighted by atomic mass is 19.3. The second-order valence-electron chi connectivity index (χ2n) is 10.8. The van der Waals surface area contributed by atoms with Crippen molar-refractivity contribution in [1.82, 2.24) is 0 Å². The lowest BCUT2D eigenvalue weighted by Gasteiger charge is -2.20. The van der Waals surface area contributed by atoms with Gasteiger partial charge in [0.15, 0.2) is 23.3 Å². The molecular formula is C37H24F10O. The summed E-state index contributed by atoms with van der Waals surface area (Å²) in [5, 5.41) is 0. The van der Waals surface area contributed by atoms with E-state index in [1.807, 2.05) is 0 Å². The molecule has 0 N–H and O–H groups in total. The number of aryl methyl sites for hydroxylation is 2. The number of allylic oxidation sites excluding steroid dienone is 1. The molecule has 1 nitrogen and oxygen atoms in total. The van der Waals surface area contributed by atoms with Gasteiger partial charge >= 0.3 is 6.11 Å². The number of halogens is 10. The Balaban J connectivity index is 1.26. The highest BCUT2D eigenvalue weighted by Gasteiger charge is 2.41. The predicted octanol–water partition coefficient (Wildman–Crippen LogP) is 11.8. The first-order valence-corrected chi connectivity index (χ1v) is 14.5. The molecule has 0 bridgehead atoms. The first-order chi connectivity index (χ1) is 22.8. The van der Waals surface area contributed by atoms with Crippen LogP contribution in [0.15, 0.2) is 96.8 Å². The Bertz CT molecular complexity index is 1940. The highest BCUT2D eigenvalue weighted by Crippen LogP contribution is 2.37. The Morgan fingerprint density at radius 3 is 1.60 bits per heavy atom. The summed E-state index contributed by atoms with van der Waals surface area (Å²) in [7, 11) is 0. The quantitative estimate of drug-likeness (QED) is 0.106. The summed E-state index contributed by atoms with van der Waals surface area (Å²) in [6.45, 7) is 1.51. The summed E-state index contributed by atoms with van der Waals surface area (Å²) < 4.78 is 145. The fraction of sp³-hybridized carbons (Fsp3) is 0.135. The topological polar surface area (TPSA) is 9.23 Å². The Hall–Kier alpha value is -5.06. The maximum atomic E-state index is 15.0. The van der Waals surface area contributed by atoms with Crippen LogP contribution >= 0.6 is 0 Å². The zero-order valence-electron chi connectivity index (χ0n) is 25.0. The first-order valence-electron chi connectivity index (χ1n) is 14.5. The van der Waals surface area contributed by atoms with Gasteiger partial charge in [-0.05, 0) is 70.8 Å². The Morgan fingerprint density at radius 1 is 0.583 bits per heavy atom. The molecule has 5 aromatic rings. The fourth-order valence-electron chi connectivity index (χ4n) is 5.02. The molecule has 0 atom stereocenters. The normalized spacial score (nSPS) is 12.2. The zero-order valence-corrected chi connectivity index (χ0v) is 25.0. The van der Waals surface area contributed by atoms with E-state index in [0.29, 0.717) is 23.3 Å². The van der Waals surface area contributed by atoms with E-state index in [-0.39, 0.29) is 48.1 Å². The standard InChI is InChI=1S/C37H24F10O/c1-2-28(38)35(44)25-12-9-22(10-13-25)21-5-7-23(8-6-21)26-14-11-24(29(39)17-26)4-3-20-15-30(40)34(31(41)16-20)37(46,47)48-27-18-32(42)36(45)33(43)19-27/h5-19H,2-4H2,1H3.